The number of cyclic esters (lactones) is 1. The van der Waals surface area contributed by atoms with E-state index in [1.165, 1.54) is 0 Å². The largest absolute Gasteiger partial charge is 0.496 e. The van der Waals surface area contributed by atoms with Gasteiger partial charge in [0, 0.05) is 5.56 Å². The van der Waals surface area contributed by atoms with Gasteiger partial charge in [-0.3, -0.25) is 0 Å². The fourth-order valence-electron chi connectivity index (χ4n) is 2.90. The molecule has 3 aromatic rings. The van der Waals surface area contributed by atoms with Gasteiger partial charge in [0.1, 0.15) is 23.0 Å². The van der Waals surface area contributed by atoms with Gasteiger partial charge in [0.2, 0.25) is 0 Å². The number of methoxy groups -OCH3 is 1. The molecule has 4 nitrogen and oxygen atoms in total. The summed E-state index contributed by atoms with van der Waals surface area (Å²) in [6.45, 7) is 0. The molecule has 0 saturated carbocycles. The normalized spacial score (nSPS) is 14.5. The van der Waals surface area contributed by atoms with Gasteiger partial charge in [-0.25, -0.2) is 4.79 Å². The van der Waals surface area contributed by atoms with Crippen LogP contribution in [0.2, 0.25) is 0 Å². The number of ether oxygens (including phenoxy) is 3. The summed E-state index contributed by atoms with van der Waals surface area (Å²) in [5.74, 6) is 2.35. The number of esters is 1. The van der Waals surface area contributed by atoms with Crippen LogP contribution in [0.1, 0.15) is 11.1 Å². The molecule has 0 saturated heterocycles. The van der Waals surface area contributed by atoms with E-state index in [9.17, 15) is 4.79 Å². The Kier molecular flexibility index (Phi) is 5.49. The molecular formula is C24H17BrO4. The molecule has 144 valence electrons. The fourth-order valence-corrected chi connectivity index (χ4v) is 3.45. The summed E-state index contributed by atoms with van der Waals surface area (Å²) >= 11 is 3.45. The van der Waals surface area contributed by atoms with E-state index in [-0.39, 0.29) is 5.97 Å². The lowest BCUT2D eigenvalue weighted by Crippen LogP contribution is -1.97. The molecule has 0 radical (unpaired) electrons. The van der Waals surface area contributed by atoms with Crippen molar-refractivity contribution in [3.8, 4) is 17.2 Å². The topological polar surface area (TPSA) is 44.8 Å². The summed E-state index contributed by atoms with van der Waals surface area (Å²) in [6, 6.07) is 22.6. The number of para-hydroxylation sites is 1. The van der Waals surface area contributed by atoms with Gasteiger partial charge in [-0.2, -0.15) is 0 Å². The highest BCUT2D eigenvalue weighted by atomic mass is 79.9. The van der Waals surface area contributed by atoms with E-state index < -0.39 is 0 Å². The Bertz CT molecular complexity index is 1100. The van der Waals surface area contributed by atoms with Gasteiger partial charge in [0.25, 0.3) is 0 Å². The molecule has 1 aliphatic rings. The van der Waals surface area contributed by atoms with Crippen molar-refractivity contribution in [2.24, 2.45) is 0 Å². The van der Waals surface area contributed by atoms with Crippen LogP contribution in [0.4, 0.5) is 0 Å². The van der Waals surface area contributed by atoms with E-state index in [0.717, 1.165) is 27.1 Å². The Morgan fingerprint density at radius 3 is 2.34 bits per heavy atom. The van der Waals surface area contributed by atoms with Gasteiger partial charge in [-0.15, -0.1) is 0 Å². The maximum absolute atomic E-state index is 12.3. The number of hydrogen-bond acceptors (Lipinski definition) is 4. The van der Waals surface area contributed by atoms with Crippen LogP contribution >= 0.6 is 15.9 Å². The number of rotatable bonds is 5. The van der Waals surface area contributed by atoms with Crippen molar-refractivity contribution in [3.63, 3.8) is 0 Å². The average molecular weight is 449 g/mol. The second-order valence-electron chi connectivity index (χ2n) is 6.33. The van der Waals surface area contributed by atoms with E-state index in [2.05, 4.69) is 15.9 Å². The molecule has 0 aliphatic carbocycles. The maximum Gasteiger partial charge on any atom is 0.343 e. The lowest BCUT2D eigenvalue weighted by Gasteiger charge is -2.06. The first kappa shape index (κ1) is 19.0. The molecule has 0 amide bonds. The average Bonchev–Trinajstić information content (AvgIpc) is 3.10. The van der Waals surface area contributed by atoms with Gasteiger partial charge >= 0.3 is 5.97 Å². The molecule has 29 heavy (non-hydrogen) atoms. The van der Waals surface area contributed by atoms with Crippen LogP contribution in [0.3, 0.4) is 0 Å². The lowest BCUT2D eigenvalue weighted by atomic mass is 10.1. The van der Waals surface area contributed by atoms with Crippen molar-refractivity contribution in [3.05, 3.63) is 100 Å². The molecule has 3 aromatic carbocycles. The second kappa shape index (κ2) is 8.37. The third-order valence-electron chi connectivity index (χ3n) is 4.34. The molecule has 5 heteroatoms. The van der Waals surface area contributed by atoms with Gasteiger partial charge in [-0.1, -0.05) is 24.3 Å². The summed E-state index contributed by atoms with van der Waals surface area (Å²) in [7, 11) is 1.61. The summed E-state index contributed by atoms with van der Waals surface area (Å²) in [6.07, 6.45) is 3.53. The zero-order valence-electron chi connectivity index (χ0n) is 15.6. The Hall–Kier alpha value is -3.31. The number of carbonyl (C=O) groups excluding carboxylic acids is 1. The molecule has 0 unspecified atom stereocenters. The third-order valence-corrected chi connectivity index (χ3v) is 4.96. The molecule has 0 aromatic heterocycles. The molecule has 0 fully saturated rings. The minimum Gasteiger partial charge on any atom is -0.496 e. The smallest absolute Gasteiger partial charge is 0.343 e. The summed E-state index contributed by atoms with van der Waals surface area (Å²) in [5.41, 5.74) is 2.16. The van der Waals surface area contributed by atoms with E-state index in [1.54, 1.807) is 19.3 Å². The molecule has 0 N–H and O–H groups in total. The Morgan fingerprint density at radius 2 is 1.66 bits per heavy atom. The summed E-state index contributed by atoms with van der Waals surface area (Å²) in [5, 5.41) is 0. The van der Waals surface area contributed by atoms with Crippen LogP contribution < -0.4 is 9.47 Å². The van der Waals surface area contributed by atoms with Crippen LogP contribution in [0.5, 0.6) is 17.2 Å². The molecule has 0 bridgehead atoms. The molecule has 1 heterocycles. The first-order valence-electron chi connectivity index (χ1n) is 8.95. The second-order valence-corrected chi connectivity index (χ2v) is 7.19. The summed E-state index contributed by atoms with van der Waals surface area (Å²) < 4.78 is 17.3. The highest BCUT2D eigenvalue weighted by molar-refractivity contribution is 9.10. The minimum absolute atomic E-state index is 0.378. The number of hydrogen-bond donors (Lipinski definition) is 0. The maximum atomic E-state index is 12.3. The van der Waals surface area contributed by atoms with Crippen molar-refractivity contribution in [1.82, 2.24) is 0 Å². The fraction of sp³-hybridized carbons (Fsp3) is 0.0417. The van der Waals surface area contributed by atoms with Crippen molar-refractivity contribution < 1.29 is 19.0 Å². The molecule has 4 rings (SSSR count). The first-order valence-corrected chi connectivity index (χ1v) is 9.74. The highest BCUT2D eigenvalue weighted by Crippen LogP contribution is 2.31. The third kappa shape index (κ3) is 4.41. The number of halogens is 1. The zero-order chi connectivity index (χ0) is 20.2. The standard InChI is InChI=1S/C24H17BrO4/c1-27-22-12-7-16(14-21(22)25)13-18-15-23(29-24(18)26)17-8-10-20(11-9-17)28-19-5-3-2-4-6-19/h2-15H,1H3/b18-13+. The number of carbonyl (C=O) groups is 1. The van der Waals surface area contributed by atoms with Crippen LogP contribution in [0, 0.1) is 0 Å². The van der Waals surface area contributed by atoms with Crippen LogP contribution in [-0.4, -0.2) is 13.1 Å². The predicted octanol–water partition coefficient (Wildman–Crippen LogP) is 6.23. The SMILES string of the molecule is COc1ccc(/C=C2\C=C(c3ccc(Oc4ccccc4)cc3)OC2=O)cc1Br. The quantitative estimate of drug-likeness (QED) is 0.342. The lowest BCUT2D eigenvalue weighted by molar-refractivity contribution is -0.130. The molecule has 1 aliphatic heterocycles. The Labute approximate surface area is 177 Å². The van der Waals surface area contributed by atoms with E-state index in [1.807, 2.05) is 72.8 Å². The first-order chi connectivity index (χ1) is 14.1. The predicted molar refractivity (Wildman–Crippen MR) is 116 cm³/mol. The van der Waals surface area contributed by atoms with Crippen LogP contribution in [0.15, 0.2) is 88.9 Å². The van der Waals surface area contributed by atoms with E-state index in [4.69, 9.17) is 14.2 Å². The summed E-state index contributed by atoms with van der Waals surface area (Å²) in [4.78, 5) is 12.3. The zero-order valence-corrected chi connectivity index (χ0v) is 17.2. The Morgan fingerprint density at radius 1 is 0.931 bits per heavy atom. The Balaban J connectivity index is 1.53. The van der Waals surface area contributed by atoms with E-state index in [0.29, 0.717) is 17.1 Å². The minimum atomic E-state index is -0.378. The van der Waals surface area contributed by atoms with Crippen LogP contribution in [-0.2, 0) is 9.53 Å². The van der Waals surface area contributed by atoms with Gasteiger partial charge in [0.15, 0.2) is 0 Å². The van der Waals surface area contributed by atoms with Gasteiger partial charge in [0.05, 0.1) is 17.2 Å². The molecule has 0 spiro atoms. The van der Waals surface area contributed by atoms with Crippen molar-refractivity contribution in [1.29, 1.82) is 0 Å². The van der Waals surface area contributed by atoms with Crippen molar-refractivity contribution in [2.45, 2.75) is 0 Å². The van der Waals surface area contributed by atoms with Crippen molar-refractivity contribution >= 4 is 33.7 Å². The van der Waals surface area contributed by atoms with Gasteiger partial charge in [-0.05, 0) is 82.2 Å². The van der Waals surface area contributed by atoms with Crippen LogP contribution in [0.25, 0.3) is 11.8 Å². The molecule has 0 atom stereocenters. The monoisotopic (exact) mass is 448 g/mol. The van der Waals surface area contributed by atoms with E-state index >= 15 is 0 Å². The number of benzene rings is 3. The molecular weight excluding hydrogens is 432 g/mol. The highest BCUT2D eigenvalue weighted by Gasteiger charge is 2.22. The van der Waals surface area contributed by atoms with Gasteiger partial charge < -0.3 is 14.2 Å². The van der Waals surface area contributed by atoms with Crippen molar-refractivity contribution in [2.75, 3.05) is 7.11 Å².